The molecule has 0 amide bonds. The standard InChI is InChI=1S/C18H22FNO/c1-12(2)15-7-5-6-8-17(15)21-18-10-9-14(11-16(18)19)13(3)20-4/h5-13,20H,1-4H3. The highest BCUT2D eigenvalue weighted by molar-refractivity contribution is 5.41. The second-order valence-corrected chi connectivity index (χ2v) is 5.49. The Morgan fingerprint density at radius 2 is 1.71 bits per heavy atom. The number of halogens is 1. The summed E-state index contributed by atoms with van der Waals surface area (Å²) in [4.78, 5) is 0. The van der Waals surface area contributed by atoms with Crippen molar-refractivity contribution in [1.82, 2.24) is 5.32 Å². The number of hydrogen-bond acceptors (Lipinski definition) is 2. The Balaban J connectivity index is 2.28. The van der Waals surface area contributed by atoms with E-state index in [1.54, 1.807) is 6.07 Å². The minimum Gasteiger partial charge on any atom is -0.454 e. The van der Waals surface area contributed by atoms with Crippen molar-refractivity contribution in [3.63, 3.8) is 0 Å². The van der Waals surface area contributed by atoms with Crippen molar-refractivity contribution in [2.75, 3.05) is 7.05 Å². The van der Waals surface area contributed by atoms with Gasteiger partial charge >= 0.3 is 0 Å². The predicted molar refractivity (Wildman–Crippen MR) is 84.5 cm³/mol. The van der Waals surface area contributed by atoms with Gasteiger partial charge in [0.25, 0.3) is 0 Å². The van der Waals surface area contributed by atoms with Gasteiger partial charge in [-0.15, -0.1) is 0 Å². The highest BCUT2D eigenvalue weighted by Gasteiger charge is 2.12. The number of hydrogen-bond donors (Lipinski definition) is 1. The van der Waals surface area contributed by atoms with Crippen LogP contribution in [0, 0.1) is 5.82 Å². The van der Waals surface area contributed by atoms with E-state index in [1.165, 1.54) is 6.07 Å². The molecule has 0 heterocycles. The summed E-state index contributed by atoms with van der Waals surface area (Å²) in [6.45, 7) is 6.18. The maximum atomic E-state index is 14.2. The third kappa shape index (κ3) is 3.61. The van der Waals surface area contributed by atoms with Crippen LogP contribution in [0.25, 0.3) is 0 Å². The molecule has 2 aromatic rings. The van der Waals surface area contributed by atoms with E-state index in [-0.39, 0.29) is 17.6 Å². The molecule has 0 radical (unpaired) electrons. The normalized spacial score (nSPS) is 12.5. The topological polar surface area (TPSA) is 21.3 Å². The molecule has 1 unspecified atom stereocenters. The number of nitrogens with one attached hydrogen (secondary N) is 1. The molecule has 3 heteroatoms. The van der Waals surface area contributed by atoms with Gasteiger partial charge in [-0.2, -0.15) is 0 Å². The fraction of sp³-hybridized carbons (Fsp3) is 0.333. The number of benzene rings is 2. The predicted octanol–water partition coefficient (Wildman–Crippen LogP) is 5.02. The van der Waals surface area contributed by atoms with Gasteiger partial charge < -0.3 is 10.1 Å². The maximum absolute atomic E-state index is 14.2. The van der Waals surface area contributed by atoms with Gasteiger partial charge in [-0.05, 0) is 49.2 Å². The van der Waals surface area contributed by atoms with Gasteiger partial charge in [-0.1, -0.05) is 38.1 Å². The SMILES string of the molecule is CNC(C)c1ccc(Oc2ccccc2C(C)C)c(F)c1. The van der Waals surface area contributed by atoms with Crippen molar-refractivity contribution in [3.05, 3.63) is 59.4 Å². The molecular formula is C18H22FNO. The molecule has 0 bridgehead atoms. The van der Waals surface area contributed by atoms with Crippen molar-refractivity contribution < 1.29 is 9.13 Å². The fourth-order valence-corrected chi connectivity index (χ4v) is 2.20. The van der Waals surface area contributed by atoms with E-state index in [9.17, 15) is 4.39 Å². The zero-order chi connectivity index (χ0) is 15.4. The van der Waals surface area contributed by atoms with E-state index < -0.39 is 0 Å². The van der Waals surface area contributed by atoms with Gasteiger partial charge in [0.1, 0.15) is 5.75 Å². The van der Waals surface area contributed by atoms with Crippen molar-refractivity contribution in [2.24, 2.45) is 0 Å². The Morgan fingerprint density at radius 3 is 2.33 bits per heavy atom. The van der Waals surface area contributed by atoms with E-state index in [1.807, 2.05) is 44.3 Å². The molecule has 0 saturated heterocycles. The summed E-state index contributed by atoms with van der Waals surface area (Å²) in [7, 11) is 1.85. The number of ether oxygens (including phenoxy) is 1. The highest BCUT2D eigenvalue weighted by atomic mass is 19.1. The summed E-state index contributed by atoms with van der Waals surface area (Å²) >= 11 is 0. The summed E-state index contributed by atoms with van der Waals surface area (Å²) in [5.74, 6) is 0.956. The van der Waals surface area contributed by atoms with Crippen molar-refractivity contribution in [3.8, 4) is 11.5 Å². The number of para-hydroxylation sites is 1. The lowest BCUT2D eigenvalue weighted by Crippen LogP contribution is -2.12. The molecule has 0 spiro atoms. The van der Waals surface area contributed by atoms with Crippen LogP contribution >= 0.6 is 0 Å². The first-order valence-electron chi connectivity index (χ1n) is 7.26. The lowest BCUT2D eigenvalue weighted by molar-refractivity contribution is 0.434. The molecule has 0 fully saturated rings. The summed E-state index contributed by atoms with van der Waals surface area (Å²) in [6, 6.07) is 13.0. The van der Waals surface area contributed by atoms with Crippen molar-refractivity contribution >= 4 is 0 Å². The van der Waals surface area contributed by atoms with Gasteiger partial charge in [0.2, 0.25) is 0 Å². The average Bonchev–Trinajstić information content (AvgIpc) is 2.48. The van der Waals surface area contributed by atoms with Crippen LogP contribution in [-0.2, 0) is 0 Å². The average molecular weight is 287 g/mol. The fourth-order valence-electron chi connectivity index (χ4n) is 2.20. The quantitative estimate of drug-likeness (QED) is 0.833. The van der Waals surface area contributed by atoms with E-state index in [0.717, 1.165) is 11.1 Å². The van der Waals surface area contributed by atoms with Crippen LogP contribution in [0.5, 0.6) is 11.5 Å². The molecule has 0 saturated carbocycles. The molecule has 0 aliphatic carbocycles. The van der Waals surface area contributed by atoms with Gasteiger partial charge in [0.05, 0.1) is 0 Å². The molecule has 2 rings (SSSR count). The molecule has 112 valence electrons. The van der Waals surface area contributed by atoms with Crippen LogP contribution in [0.2, 0.25) is 0 Å². The second kappa shape index (κ2) is 6.72. The molecule has 1 atom stereocenters. The van der Waals surface area contributed by atoms with E-state index in [0.29, 0.717) is 11.7 Å². The third-order valence-corrected chi connectivity index (χ3v) is 3.65. The molecule has 21 heavy (non-hydrogen) atoms. The van der Waals surface area contributed by atoms with Gasteiger partial charge in [-0.25, -0.2) is 4.39 Å². The summed E-state index contributed by atoms with van der Waals surface area (Å²) in [5, 5.41) is 3.09. The van der Waals surface area contributed by atoms with Crippen molar-refractivity contribution in [2.45, 2.75) is 32.7 Å². The summed E-state index contributed by atoms with van der Waals surface area (Å²) in [5.41, 5.74) is 1.98. The molecule has 2 nitrogen and oxygen atoms in total. The first kappa shape index (κ1) is 15.5. The van der Waals surface area contributed by atoms with Crippen LogP contribution < -0.4 is 10.1 Å². The van der Waals surface area contributed by atoms with Crippen LogP contribution in [0.1, 0.15) is 43.9 Å². The zero-order valence-corrected chi connectivity index (χ0v) is 13.0. The molecule has 2 aromatic carbocycles. The minimum atomic E-state index is -0.340. The second-order valence-electron chi connectivity index (χ2n) is 5.49. The van der Waals surface area contributed by atoms with Crippen molar-refractivity contribution in [1.29, 1.82) is 0 Å². The first-order chi connectivity index (χ1) is 10.0. The van der Waals surface area contributed by atoms with E-state index in [4.69, 9.17) is 4.74 Å². The minimum absolute atomic E-state index is 0.108. The zero-order valence-electron chi connectivity index (χ0n) is 13.0. The van der Waals surface area contributed by atoms with E-state index >= 15 is 0 Å². The Morgan fingerprint density at radius 1 is 1.00 bits per heavy atom. The summed E-state index contributed by atoms with van der Waals surface area (Å²) in [6.07, 6.45) is 0. The van der Waals surface area contributed by atoms with Gasteiger partial charge in [0, 0.05) is 6.04 Å². The summed E-state index contributed by atoms with van der Waals surface area (Å²) < 4.78 is 20.0. The van der Waals surface area contributed by atoms with Gasteiger partial charge in [0.15, 0.2) is 11.6 Å². The maximum Gasteiger partial charge on any atom is 0.166 e. The monoisotopic (exact) mass is 287 g/mol. The molecule has 0 aliphatic heterocycles. The highest BCUT2D eigenvalue weighted by Crippen LogP contribution is 2.32. The molecular weight excluding hydrogens is 265 g/mol. The van der Waals surface area contributed by atoms with Crippen LogP contribution in [-0.4, -0.2) is 7.05 Å². The Kier molecular flexibility index (Phi) is 4.97. The number of rotatable bonds is 5. The molecule has 0 aromatic heterocycles. The van der Waals surface area contributed by atoms with E-state index in [2.05, 4.69) is 19.2 Å². The third-order valence-electron chi connectivity index (χ3n) is 3.65. The first-order valence-corrected chi connectivity index (χ1v) is 7.26. The smallest absolute Gasteiger partial charge is 0.166 e. The van der Waals surface area contributed by atoms with Gasteiger partial charge in [-0.3, -0.25) is 0 Å². The Bertz CT molecular complexity index is 610. The Labute approximate surface area is 126 Å². The lowest BCUT2D eigenvalue weighted by Gasteiger charge is -2.15. The Hall–Kier alpha value is -1.87. The van der Waals surface area contributed by atoms with Crippen LogP contribution in [0.3, 0.4) is 0 Å². The lowest BCUT2D eigenvalue weighted by atomic mass is 10.0. The largest absolute Gasteiger partial charge is 0.454 e. The van der Waals surface area contributed by atoms with Crippen LogP contribution in [0.15, 0.2) is 42.5 Å². The van der Waals surface area contributed by atoms with Crippen LogP contribution in [0.4, 0.5) is 4.39 Å². The molecule has 0 aliphatic rings. The molecule has 1 N–H and O–H groups in total.